The first-order chi connectivity index (χ1) is 12.6. The van der Waals surface area contributed by atoms with Gasteiger partial charge in [0.15, 0.2) is 11.6 Å². The fourth-order valence-electron chi connectivity index (χ4n) is 3.05. The minimum Gasteiger partial charge on any atom is -0.459 e. The third kappa shape index (κ3) is 9.30. The van der Waals surface area contributed by atoms with E-state index in [0.29, 0.717) is 0 Å². The lowest BCUT2D eigenvalue weighted by molar-refractivity contribution is 0.0266. The van der Waals surface area contributed by atoms with E-state index in [2.05, 4.69) is 6.92 Å². The van der Waals surface area contributed by atoms with Crippen molar-refractivity contribution >= 4 is 5.97 Å². The number of halogens is 2. The molecule has 0 radical (unpaired) electrons. The fourth-order valence-corrected chi connectivity index (χ4v) is 3.05. The van der Waals surface area contributed by atoms with Gasteiger partial charge in [-0.15, -0.1) is 0 Å². The van der Waals surface area contributed by atoms with E-state index in [9.17, 15) is 13.6 Å². The molecule has 0 heterocycles. The lowest BCUT2D eigenvalue weighted by atomic mass is 10.0. The summed E-state index contributed by atoms with van der Waals surface area (Å²) in [5, 5.41) is 0. The zero-order valence-corrected chi connectivity index (χ0v) is 16.4. The highest BCUT2D eigenvalue weighted by Gasteiger charge is 2.16. The molecule has 1 aromatic carbocycles. The van der Waals surface area contributed by atoms with Crippen LogP contribution in [0.3, 0.4) is 0 Å². The molecular weight excluding hydrogens is 334 g/mol. The molecular formula is C22H34F2O2. The smallest absolute Gasteiger partial charge is 0.338 e. The summed E-state index contributed by atoms with van der Waals surface area (Å²) >= 11 is 0. The van der Waals surface area contributed by atoms with Crippen molar-refractivity contribution in [3.05, 3.63) is 35.4 Å². The number of ether oxygens (including phenoxy) is 1. The number of hydrogen-bond acceptors (Lipinski definition) is 2. The first-order valence-electron chi connectivity index (χ1n) is 10.2. The fraction of sp³-hybridized carbons (Fsp3) is 0.682. The Morgan fingerprint density at radius 2 is 1.46 bits per heavy atom. The van der Waals surface area contributed by atoms with Gasteiger partial charge in [0.1, 0.15) is 6.10 Å². The minimum atomic E-state index is -1.03. The summed E-state index contributed by atoms with van der Waals surface area (Å²) in [5.74, 6) is -2.57. The molecule has 1 atom stereocenters. The van der Waals surface area contributed by atoms with Gasteiger partial charge in [-0.2, -0.15) is 0 Å². The Balaban J connectivity index is 2.16. The van der Waals surface area contributed by atoms with Crippen molar-refractivity contribution in [2.45, 2.75) is 97.0 Å². The average Bonchev–Trinajstić information content (AvgIpc) is 2.64. The molecule has 4 heteroatoms. The maximum absolute atomic E-state index is 13.2. The van der Waals surface area contributed by atoms with Crippen LogP contribution in [0, 0.1) is 11.6 Å². The van der Waals surface area contributed by atoms with Crippen LogP contribution in [0.5, 0.6) is 0 Å². The third-order valence-corrected chi connectivity index (χ3v) is 4.76. The van der Waals surface area contributed by atoms with Gasteiger partial charge in [-0.05, 0) is 37.5 Å². The lowest BCUT2D eigenvalue weighted by Crippen LogP contribution is -2.17. The molecule has 148 valence electrons. The van der Waals surface area contributed by atoms with Crippen LogP contribution >= 0.6 is 0 Å². The molecule has 0 aromatic heterocycles. The van der Waals surface area contributed by atoms with Crippen molar-refractivity contribution in [3.63, 3.8) is 0 Å². The maximum atomic E-state index is 13.2. The van der Waals surface area contributed by atoms with Gasteiger partial charge in [0, 0.05) is 0 Å². The van der Waals surface area contributed by atoms with E-state index in [0.717, 1.165) is 37.8 Å². The molecule has 0 aliphatic heterocycles. The molecule has 1 rings (SSSR count). The number of esters is 1. The molecule has 0 amide bonds. The van der Waals surface area contributed by atoms with Crippen LogP contribution in [0.25, 0.3) is 0 Å². The Bertz CT molecular complexity index is 517. The predicted molar refractivity (Wildman–Crippen MR) is 102 cm³/mol. The van der Waals surface area contributed by atoms with Crippen LogP contribution in [0.2, 0.25) is 0 Å². The zero-order valence-electron chi connectivity index (χ0n) is 16.4. The quantitative estimate of drug-likeness (QED) is 0.256. The molecule has 0 fully saturated rings. The molecule has 2 nitrogen and oxygen atoms in total. The second-order valence-electron chi connectivity index (χ2n) is 7.04. The van der Waals surface area contributed by atoms with Crippen molar-refractivity contribution in [1.82, 2.24) is 0 Å². The number of hydrogen-bond donors (Lipinski definition) is 0. The second-order valence-corrected chi connectivity index (χ2v) is 7.04. The van der Waals surface area contributed by atoms with Crippen LogP contribution in [0.15, 0.2) is 18.2 Å². The summed E-state index contributed by atoms with van der Waals surface area (Å²) in [4.78, 5) is 12.0. The van der Waals surface area contributed by atoms with E-state index in [4.69, 9.17) is 4.74 Å². The van der Waals surface area contributed by atoms with Gasteiger partial charge in [0.25, 0.3) is 0 Å². The maximum Gasteiger partial charge on any atom is 0.338 e. The lowest BCUT2D eigenvalue weighted by Gasteiger charge is -2.16. The van der Waals surface area contributed by atoms with Crippen LogP contribution in [0.1, 0.15) is 101 Å². The summed E-state index contributed by atoms with van der Waals surface area (Å²) in [6.45, 7) is 4.21. The molecule has 0 aliphatic carbocycles. The zero-order chi connectivity index (χ0) is 19.2. The number of carbonyl (C=O) groups is 1. The van der Waals surface area contributed by atoms with Gasteiger partial charge in [0.05, 0.1) is 5.56 Å². The monoisotopic (exact) mass is 368 g/mol. The Labute approximate surface area is 157 Å². The molecule has 0 spiro atoms. The first-order valence-corrected chi connectivity index (χ1v) is 10.2. The van der Waals surface area contributed by atoms with Crippen molar-refractivity contribution in [2.24, 2.45) is 0 Å². The summed E-state index contributed by atoms with van der Waals surface area (Å²) in [7, 11) is 0. The summed E-state index contributed by atoms with van der Waals surface area (Å²) < 4.78 is 31.6. The van der Waals surface area contributed by atoms with Gasteiger partial charge in [0.2, 0.25) is 0 Å². The predicted octanol–water partition coefficient (Wildman–Crippen LogP) is 7.21. The SMILES string of the molecule is CCCCCCCCCCCCC(CC)OC(=O)c1ccc(F)c(F)c1. The van der Waals surface area contributed by atoms with E-state index < -0.39 is 17.6 Å². The summed E-state index contributed by atoms with van der Waals surface area (Å²) in [6, 6.07) is 3.11. The standard InChI is InChI=1S/C22H34F2O2/c1-3-5-6-7-8-9-10-11-12-13-14-19(4-2)26-22(25)18-15-16-20(23)21(24)17-18/h15-17,19H,3-14H2,1-2H3. The molecule has 0 saturated carbocycles. The van der Waals surface area contributed by atoms with Crippen LogP contribution in [-0.2, 0) is 4.74 Å². The number of unbranched alkanes of at least 4 members (excludes halogenated alkanes) is 9. The highest BCUT2D eigenvalue weighted by molar-refractivity contribution is 5.89. The normalized spacial score (nSPS) is 12.2. The molecule has 0 N–H and O–H groups in total. The first kappa shape index (κ1) is 22.6. The summed E-state index contributed by atoms with van der Waals surface area (Å²) in [6.07, 6.45) is 14.1. The van der Waals surface area contributed by atoms with Gasteiger partial charge >= 0.3 is 5.97 Å². The third-order valence-electron chi connectivity index (χ3n) is 4.76. The molecule has 0 aliphatic rings. The molecule has 0 saturated heterocycles. The Morgan fingerprint density at radius 3 is 2.00 bits per heavy atom. The Kier molecular flexibility index (Phi) is 11.9. The van der Waals surface area contributed by atoms with Crippen molar-refractivity contribution < 1.29 is 18.3 Å². The topological polar surface area (TPSA) is 26.3 Å². The average molecular weight is 369 g/mol. The van der Waals surface area contributed by atoms with Crippen molar-refractivity contribution in [3.8, 4) is 0 Å². The van der Waals surface area contributed by atoms with Gasteiger partial charge < -0.3 is 4.74 Å². The highest BCUT2D eigenvalue weighted by atomic mass is 19.2. The number of benzene rings is 1. The van der Waals surface area contributed by atoms with Gasteiger partial charge in [-0.25, -0.2) is 13.6 Å². The Hall–Kier alpha value is -1.45. The summed E-state index contributed by atoms with van der Waals surface area (Å²) in [5.41, 5.74) is 0.0606. The van der Waals surface area contributed by atoms with Crippen LogP contribution < -0.4 is 0 Å². The molecule has 26 heavy (non-hydrogen) atoms. The van der Waals surface area contributed by atoms with E-state index in [1.54, 1.807) is 0 Å². The minimum absolute atomic E-state index is 0.0606. The van der Waals surface area contributed by atoms with E-state index >= 15 is 0 Å². The molecule has 0 bridgehead atoms. The number of carbonyl (C=O) groups excluding carboxylic acids is 1. The van der Waals surface area contributed by atoms with E-state index in [1.807, 2.05) is 6.92 Å². The second kappa shape index (κ2) is 13.7. The number of rotatable bonds is 14. The van der Waals surface area contributed by atoms with E-state index in [-0.39, 0.29) is 11.7 Å². The van der Waals surface area contributed by atoms with Gasteiger partial charge in [-0.1, -0.05) is 71.6 Å². The molecule has 1 unspecified atom stereocenters. The van der Waals surface area contributed by atoms with Gasteiger partial charge in [-0.3, -0.25) is 0 Å². The Morgan fingerprint density at radius 1 is 0.885 bits per heavy atom. The molecule has 1 aromatic rings. The van der Waals surface area contributed by atoms with Crippen LogP contribution in [0.4, 0.5) is 8.78 Å². The largest absolute Gasteiger partial charge is 0.459 e. The van der Waals surface area contributed by atoms with Crippen molar-refractivity contribution in [2.75, 3.05) is 0 Å². The van der Waals surface area contributed by atoms with E-state index in [1.165, 1.54) is 57.4 Å². The van der Waals surface area contributed by atoms with Crippen LogP contribution in [-0.4, -0.2) is 12.1 Å². The van der Waals surface area contributed by atoms with Crippen molar-refractivity contribution in [1.29, 1.82) is 0 Å². The highest BCUT2D eigenvalue weighted by Crippen LogP contribution is 2.16.